The highest BCUT2D eigenvalue weighted by atomic mass is 14.6. The Morgan fingerprint density at radius 2 is 1.36 bits per heavy atom. The maximum absolute atomic E-state index is 2.83. The Hall–Kier alpha value is -0.260. The molecule has 0 heteroatoms. The van der Waals surface area contributed by atoms with Gasteiger partial charge in [0.1, 0.15) is 0 Å². The highest BCUT2D eigenvalue weighted by Gasteiger charge is 2.51. The second kappa shape index (κ2) is 19.0. The van der Waals surface area contributed by atoms with Crippen LogP contribution in [-0.4, -0.2) is 0 Å². The molecule has 1 aliphatic carbocycles. The van der Waals surface area contributed by atoms with Crippen molar-refractivity contribution in [2.24, 2.45) is 52.3 Å². The Bertz CT molecular complexity index is 632. The smallest absolute Gasteiger partial charge is 0.0146 e. The van der Waals surface area contributed by atoms with Crippen molar-refractivity contribution in [2.75, 3.05) is 0 Å². The molecule has 9 unspecified atom stereocenters. The molecular weight excluding hydrogens is 468 g/mol. The van der Waals surface area contributed by atoms with E-state index in [9.17, 15) is 0 Å². The van der Waals surface area contributed by atoms with Gasteiger partial charge in [0.2, 0.25) is 0 Å². The lowest BCUT2D eigenvalue weighted by Crippen LogP contribution is -2.48. The first kappa shape index (κ1) is 36.8. The van der Waals surface area contributed by atoms with Gasteiger partial charge >= 0.3 is 0 Å². The third-order valence-corrected chi connectivity index (χ3v) is 12.2. The predicted octanol–water partition coefficient (Wildman–Crippen LogP) is 13.7. The van der Waals surface area contributed by atoms with E-state index in [1.165, 1.54) is 109 Å². The third kappa shape index (κ3) is 11.2. The van der Waals surface area contributed by atoms with Gasteiger partial charge in [-0.05, 0) is 84.4 Å². The molecule has 0 amide bonds. The van der Waals surface area contributed by atoms with Crippen LogP contribution in [0.1, 0.15) is 185 Å². The highest BCUT2D eigenvalue weighted by Crippen LogP contribution is 2.60. The van der Waals surface area contributed by atoms with Crippen LogP contribution < -0.4 is 0 Å². The average molecular weight is 545 g/mol. The SMILES string of the molecule is CCCCCCCC(C)C1C=CC(C(CC)(CC(C)CC)C(C)(CC)CCCCC(C)CC)C(C)CC(C)C1. The van der Waals surface area contributed by atoms with Crippen molar-refractivity contribution in [3.05, 3.63) is 12.2 Å². The minimum atomic E-state index is 0.397. The zero-order valence-electron chi connectivity index (χ0n) is 29.2. The van der Waals surface area contributed by atoms with Crippen LogP contribution in [0.3, 0.4) is 0 Å². The molecule has 0 aliphatic heterocycles. The Morgan fingerprint density at radius 1 is 0.718 bits per heavy atom. The molecule has 9 atom stereocenters. The van der Waals surface area contributed by atoms with E-state index >= 15 is 0 Å². The van der Waals surface area contributed by atoms with Gasteiger partial charge in [0.25, 0.3) is 0 Å². The summed E-state index contributed by atoms with van der Waals surface area (Å²) in [5.74, 6) is 5.59. The van der Waals surface area contributed by atoms with Gasteiger partial charge in [-0.25, -0.2) is 0 Å². The molecule has 0 N–H and O–H groups in total. The zero-order chi connectivity index (χ0) is 29.5. The summed E-state index contributed by atoms with van der Waals surface area (Å²) in [6.45, 7) is 27.7. The average Bonchev–Trinajstić information content (AvgIpc) is 2.92. The number of unbranched alkanes of at least 4 members (excludes halogenated alkanes) is 5. The predicted molar refractivity (Wildman–Crippen MR) is 179 cm³/mol. The van der Waals surface area contributed by atoms with E-state index in [4.69, 9.17) is 0 Å². The first-order valence-corrected chi connectivity index (χ1v) is 18.2. The molecule has 0 radical (unpaired) electrons. The second-order valence-corrected chi connectivity index (χ2v) is 15.2. The molecule has 0 fully saturated rings. The monoisotopic (exact) mass is 545 g/mol. The summed E-state index contributed by atoms with van der Waals surface area (Å²) in [7, 11) is 0. The van der Waals surface area contributed by atoms with Crippen molar-refractivity contribution >= 4 is 0 Å². The van der Waals surface area contributed by atoms with Crippen molar-refractivity contribution in [1.82, 2.24) is 0 Å². The minimum Gasteiger partial charge on any atom is -0.0848 e. The van der Waals surface area contributed by atoms with Gasteiger partial charge < -0.3 is 0 Å². The van der Waals surface area contributed by atoms with Gasteiger partial charge in [-0.15, -0.1) is 0 Å². The van der Waals surface area contributed by atoms with Crippen LogP contribution in [0, 0.1) is 52.3 Å². The summed E-state index contributed by atoms with van der Waals surface area (Å²) in [6.07, 6.45) is 29.2. The van der Waals surface area contributed by atoms with Crippen LogP contribution in [0.4, 0.5) is 0 Å². The first-order chi connectivity index (χ1) is 18.5. The molecule has 232 valence electrons. The largest absolute Gasteiger partial charge is 0.0848 e. The van der Waals surface area contributed by atoms with Crippen molar-refractivity contribution in [2.45, 2.75) is 185 Å². The topological polar surface area (TPSA) is 0 Å². The summed E-state index contributed by atoms with van der Waals surface area (Å²) in [6, 6.07) is 0. The standard InChI is InChI=1S/C39H76/c1-12-17-18-19-20-24-34(9)36-25-26-37(35(10)28-33(8)29-36)39(16-5,30-32(7)14-3)38(11,15-4)27-22-21-23-31(6)13-2/h25-26,31-37H,12-24,27-30H2,1-11H3. The number of hydrogen-bond donors (Lipinski definition) is 0. The van der Waals surface area contributed by atoms with Crippen LogP contribution in [0.25, 0.3) is 0 Å². The molecule has 0 bridgehead atoms. The molecule has 0 saturated carbocycles. The Labute approximate surface area is 249 Å². The Kier molecular flexibility index (Phi) is 17.9. The second-order valence-electron chi connectivity index (χ2n) is 15.2. The Morgan fingerprint density at radius 3 is 1.95 bits per heavy atom. The quantitative estimate of drug-likeness (QED) is 0.106. The van der Waals surface area contributed by atoms with E-state index in [1.807, 2.05) is 0 Å². The molecule has 39 heavy (non-hydrogen) atoms. The van der Waals surface area contributed by atoms with Gasteiger partial charge in [-0.2, -0.15) is 0 Å². The van der Waals surface area contributed by atoms with Gasteiger partial charge in [0, 0.05) is 0 Å². The lowest BCUT2D eigenvalue weighted by molar-refractivity contribution is -0.0531. The van der Waals surface area contributed by atoms with E-state index in [1.54, 1.807) is 0 Å². The van der Waals surface area contributed by atoms with Gasteiger partial charge in [0.15, 0.2) is 0 Å². The van der Waals surface area contributed by atoms with E-state index in [0.717, 1.165) is 35.5 Å². The van der Waals surface area contributed by atoms with E-state index < -0.39 is 0 Å². The van der Waals surface area contributed by atoms with E-state index in [2.05, 4.69) is 88.3 Å². The van der Waals surface area contributed by atoms with Crippen molar-refractivity contribution in [1.29, 1.82) is 0 Å². The fourth-order valence-electron chi connectivity index (χ4n) is 8.66. The number of allylic oxidation sites excluding steroid dienone is 2. The Balaban J connectivity index is 3.31. The highest BCUT2D eigenvalue weighted by molar-refractivity contribution is 5.10. The first-order valence-electron chi connectivity index (χ1n) is 18.2. The van der Waals surface area contributed by atoms with Gasteiger partial charge in [0.05, 0.1) is 0 Å². The summed E-state index contributed by atoms with van der Waals surface area (Å²) >= 11 is 0. The molecule has 1 aliphatic rings. The van der Waals surface area contributed by atoms with Crippen molar-refractivity contribution in [3.63, 3.8) is 0 Å². The number of rotatable bonds is 20. The molecule has 0 aromatic heterocycles. The van der Waals surface area contributed by atoms with Crippen LogP contribution in [-0.2, 0) is 0 Å². The minimum absolute atomic E-state index is 0.397. The molecule has 0 heterocycles. The maximum Gasteiger partial charge on any atom is -0.0146 e. The third-order valence-electron chi connectivity index (χ3n) is 12.2. The lowest BCUT2D eigenvalue weighted by atomic mass is 9.48. The summed E-state index contributed by atoms with van der Waals surface area (Å²) in [5.41, 5.74) is 0.807. The van der Waals surface area contributed by atoms with Crippen LogP contribution in [0.2, 0.25) is 0 Å². The van der Waals surface area contributed by atoms with Crippen LogP contribution in [0.5, 0.6) is 0 Å². The summed E-state index contributed by atoms with van der Waals surface area (Å²) < 4.78 is 0. The molecular formula is C39H76. The fraction of sp³-hybridized carbons (Fsp3) is 0.949. The maximum atomic E-state index is 2.83. The normalized spacial score (nSPS) is 27.7. The van der Waals surface area contributed by atoms with Gasteiger partial charge in [-0.1, -0.05) is 165 Å². The fourth-order valence-corrected chi connectivity index (χ4v) is 8.66. The lowest BCUT2D eigenvalue weighted by Gasteiger charge is -2.56. The van der Waals surface area contributed by atoms with Crippen LogP contribution in [0.15, 0.2) is 12.2 Å². The van der Waals surface area contributed by atoms with E-state index in [0.29, 0.717) is 16.7 Å². The van der Waals surface area contributed by atoms with Crippen molar-refractivity contribution < 1.29 is 0 Å². The molecule has 0 spiro atoms. The molecule has 0 saturated heterocycles. The van der Waals surface area contributed by atoms with Crippen LogP contribution >= 0.6 is 0 Å². The number of hydrogen-bond acceptors (Lipinski definition) is 0. The van der Waals surface area contributed by atoms with E-state index in [-0.39, 0.29) is 0 Å². The molecule has 1 rings (SSSR count). The molecule has 0 nitrogen and oxygen atoms in total. The molecule has 0 aromatic carbocycles. The zero-order valence-corrected chi connectivity index (χ0v) is 29.2. The molecule has 0 aromatic rings. The van der Waals surface area contributed by atoms with Gasteiger partial charge in [-0.3, -0.25) is 0 Å². The summed E-state index contributed by atoms with van der Waals surface area (Å²) in [4.78, 5) is 0. The summed E-state index contributed by atoms with van der Waals surface area (Å²) in [5, 5.41) is 0. The van der Waals surface area contributed by atoms with Crippen molar-refractivity contribution in [3.8, 4) is 0 Å².